The van der Waals surface area contributed by atoms with Crippen LogP contribution in [0.1, 0.15) is 34.5 Å². The van der Waals surface area contributed by atoms with Crippen LogP contribution in [0.3, 0.4) is 0 Å². The summed E-state index contributed by atoms with van der Waals surface area (Å²) in [5.74, 6) is -0.103. The average Bonchev–Trinajstić information content (AvgIpc) is 2.90. The number of hydrogen-bond donors (Lipinski definition) is 1. The number of carboxylic acid groups (broad SMARTS) is 1. The average molecular weight is 514 g/mol. The first kappa shape index (κ1) is 26.7. The number of hydrogen-bond acceptors (Lipinski definition) is 6. The number of halogens is 1. The molecule has 3 aromatic carbocycles. The Morgan fingerprint density at radius 2 is 1.56 bits per heavy atom. The Morgan fingerprint density at radius 1 is 0.917 bits per heavy atom. The zero-order chi connectivity index (χ0) is 26.2. The van der Waals surface area contributed by atoms with Crippen LogP contribution in [0.2, 0.25) is 5.02 Å². The number of amides is 1. The van der Waals surface area contributed by atoms with E-state index in [0.717, 1.165) is 11.1 Å². The molecule has 36 heavy (non-hydrogen) atoms. The van der Waals surface area contributed by atoms with E-state index in [0.29, 0.717) is 17.2 Å². The summed E-state index contributed by atoms with van der Waals surface area (Å²) in [7, 11) is 4.57. The van der Waals surface area contributed by atoms with Gasteiger partial charge in [0.1, 0.15) is 11.3 Å². The highest BCUT2D eigenvalue weighted by atomic mass is 35.5. The number of rotatable bonds is 11. The molecule has 0 bridgehead atoms. The van der Waals surface area contributed by atoms with Crippen LogP contribution in [0.5, 0.6) is 23.0 Å². The smallest absolute Gasteiger partial charge is 0.339 e. The van der Waals surface area contributed by atoms with E-state index in [1.165, 1.54) is 39.5 Å². The van der Waals surface area contributed by atoms with Gasteiger partial charge in [-0.1, -0.05) is 41.9 Å². The molecule has 0 unspecified atom stereocenters. The van der Waals surface area contributed by atoms with Crippen molar-refractivity contribution in [3.63, 3.8) is 0 Å². The van der Waals surface area contributed by atoms with Gasteiger partial charge in [0.15, 0.2) is 18.1 Å². The van der Waals surface area contributed by atoms with Gasteiger partial charge in [0.2, 0.25) is 5.75 Å². The molecular formula is C27H28ClNO7. The van der Waals surface area contributed by atoms with Crippen molar-refractivity contribution in [2.45, 2.75) is 19.5 Å². The fourth-order valence-electron chi connectivity index (χ4n) is 3.79. The van der Waals surface area contributed by atoms with Gasteiger partial charge in [-0.2, -0.15) is 0 Å². The van der Waals surface area contributed by atoms with Crippen LogP contribution in [-0.2, 0) is 11.3 Å². The van der Waals surface area contributed by atoms with Crippen LogP contribution in [0.25, 0.3) is 0 Å². The maximum absolute atomic E-state index is 13.5. The zero-order valence-electron chi connectivity index (χ0n) is 20.5. The van der Waals surface area contributed by atoms with Crippen molar-refractivity contribution in [1.29, 1.82) is 0 Å². The molecule has 0 saturated heterocycles. The maximum atomic E-state index is 13.5. The van der Waals surface area contributed by atoms with Gasteiger partial charge in [0, 0.05) is 11.6 Å². The third-order valence-corrected chi connectivity index (χ3v) is 5.91. The van der Waals surface area contributed by atoms with Crippen LogP contribution in [0.15, 0.2) is 60.7 Å². The Balaban J connectivity index is 1.92. The number of carbonyl (C=O) groups is 2. The Hall–Kier alpha value is -3.91. The molecule has 0 aliphatic heterocycles. The highest BCUT2D eigenvalue weighted by molar-refractivity contribution is 6.31. The lowest BCUT2D eigenvalue weighted by Crippen LogP contribution is -2.36. The monoisotopic (exact) mass is 513 g/mol. The van der Waals surface area contributed by atoms with Crippen molar-refractivity contribution in [3.05, 3.63) is 82.4 Å². The molecule has 3 aromatic rings. The summed E-state index contributed by atoms with van der Waals surface area (Å²) < 4.78 is 22.0. The first-order valence-corrected chi connectivity index (χ1v) is 11.5. The molecule has 1 amide bonds. The van der Waals surface area contributed by atoms with E-state index in [1.807, 2.05) is 37.3 Å². The maximum Gasteiger partial charge on any atom is 0.339 e. The van der Waals surface area contributed by atoms with E-state index >= 15 is 0 Å². The van der Waals surface area contributed by atoms with Gasteiger partial charge in [0.05, 0.1) is 27.4 Å². The fraction of sp³-hybridized carbons (Fsp3) is 0.259. The van der Waals surface area contributed by atoms with Crippen LogP contribution >= 0.6 is 11.6 Å². The predicted octanol–water partition coefficient (Wildman–Crippen LogP) is 5.23. The molecule has 190 valence electrons. The molecule has 0 radical (unpaired) electrons. The minimum absolute atomic E-state index is 0.0559. The molecule has 1 N–H and O–H groups in total. The van der Waals surface area contributed by atoms with E-state index in [-0.39, 0.29) is 41.4 Å². The number of ether oxygens (including phenoxy) is 4. The van der Waals surface area contributed by atoms with E-state index in [1.54, 1.807) is 17.0 Å². The topological polar surface area (TPSA) is 94.5 Å². The molecule has 0 saturated carbocycles. The van der Waals surface area contributed by atoms with Crippen molar-refractivity contribution in [2.75, 3.05) is 27.9 Å². The summed E-state index contributed by atoms with van der Waals surface area (Å²) >= 11 is 5.92. The summed E-state index contributed by atoms with van der Waals surface area (Å²) in [5.41, 5.74) is 1.55. The van der Waals surface area contributed by atoms with E-state index in [9.17, 15) is 14.7 Å². The van der Waals surface area contributed by atoms with Crippen molar-refractivity contribution >= 4 is 23.5 Å². The Morgan fingerprint density at radius 3 is 2.11 bits per heavy atom. The minimum atomic E-state index is -1.20. The lowest BCUT2D eigenvalue weighted by molar-refractivity contribution is -0.136. The molecule has 3 rings (SSSR count). The van der Waals surface area contributed by atoms with Gasteiger partial charge in [0.25, 0.3) is 5.91 Å². The second-order valence-electron chi connectivity index (χ2n) is 7.88. The highest BCUT2D eigenvalue weighted by Crippen LogP contribution is 2.39. The molecule has 1 atom stereocenters. The Kier molecular flexibility index (Phi) is 9.02. The molecule has 0 aliphatic rings. The second-order valence-corrected chi connectivity index (χ2v) is 8.31. The molecule has 0 spiro atoms. The summed E-state index contributed by atoms with van der Waals surface area (Å²) in [6.07, 6.45) is 0. The number of benzene rings is 3. The Labute approximate surface area is 214 Å². The molecule has 0 aliphatic carbocycles. The third-order valence-electron chi connectivity index (χ3n) is 5.67. The zero-order valence-corrected chi connectivity index (χ0v) is 21.2. The van der Waals surface area contributed by atoms with Crippen LogP contribution < -0.4 is 18.9 Å². The molecule has 0 aromatic heterocycles. The lowest BCUT2D eigenvalue weighted by atomic mass is 10.1. The molecule has 8 nitrogen and oxygen atoms in total. The fourth-order valence-corrected chi connectivity index (χ4v) is 3.97. The van der Waals surface area contributed by atoms with Gasteiger partial charge in [-0.25, -0.2) is 4.79 Å². The Bertz CT molecular complexity index is 1190. The normalized spacial score (nSPS) is 11.4. The second kappa shape index (κ2) is 12.2. The summed E-state index contributed by atoms with van der Waals surface area (Å²) in [4.78, 5) is 26.7. The van der Waals surface area contributed by atoms with Crippen molar-refractivity contribution in [3.8, 4) is 23.0 Å². The molecule has 0 heterocycles. The number of carbonyl (C=O) groups excluding carboxylic acids is 1. The summed E-state index contributed by atoms with van der Waals surface area (Å²) in [6.45, 7) is 1.75. The first-order valence-electron chi connectivity index (χ1n) is 11.1. The standard InChI is InChI=1S/C27H28ClNO7/c1-17(19-8-6-5-7-9-19)29(15-18-12-23(33-2)26(35-4)24(13-18)34-3)25(30)16-36-22-11-10-20(28)14-21(22)27(31)32/h5-14,17H,15-16H2,1-4H3,(H,31,32)/t17-/m0/s1. The van der Waals surface area contributed by atoms with Gasteiger partial charge < -0.3 is 29.0 Å². The SMILES string of the molecule is COc1cc(CN(C(=O)COc2ccc(Cl)cc2C(=O)O)[C@@H](C)c2ccccc2)cc(OC)c1OC. The van der Waals surface area contributed by atoms with Crippen LogP contribution in [0, 0.1) is 0 Å². The first-order chi connectivity index (χ1) is 17.3. The van der Waals surface area contributed by atoms with E-state index in [2.05, 4.69) is 0 Å². The van der Waals surface area contributed by atoms with Gasteiger partial charge >= 0.3 is 5.97 Å². The quantitative estimate of drug-likeness (QED) is 0.375. The summed E-state index contributed by atoms with van der Waals surface area (Å²) in [6, 6.07) is 17.0. The van der Waals surface area contributed by atoms with Crippen molar-refractivity contribution in [2.24, 2.45) is 0 Å². The van der Waals surface area contributed by atoms with Crippen LogP contribution in [-0.4, -0.2) is 49.8 Å². The number of nitrogens with zero attached hydrogens (tertiary/aromatic N) is 1. The largest absolute Gasteiger partial charge is 0.493 e. The van der Waals surface area contributed by atoms with Gasteiger partial charge in [-0.05, 0) is 48.4 Å². The van der Waals surface area contributed by atoms with Crippen LogP contribution in [0.4, 0.5) is 0 Å². The molecular weight excluding hydrogens is 486 g/mol. The van der Waals surface area contributed by atoms with Gasteiger partial charge in [-0.15, -0.1) is 0 Å². The predicted molar refractivity (Wildman–Crippen MR) is 135 cm³/mol. The number of methoxy groups -OCH3 is 3. The molecule has 0 fully saturated rings. The van der Waals surface area contributed by atoms with E-state index in [4.69, 9.17) is 30.5 Å². The van der Waals surface area contributed by atoms with Crippen molar-refractivity contribution in [1.82, 2.24) is 4.90 Å². The van der Waals surface area contributed by atoms with Gasteiger partial charge in [-0.3, -0.25) is 4.79 Å². The van der Waals surface area contributed by atoms with E-state index < -0.39 is 5.97 Å². The number of aromatic carboxylic acids is 1. The summed E-state index contributed by atoms with van der Waals surface area (Å²) in [5, 5.41) is 9.73. The third kappa shape index (κ3) is 6.20. The minimum Gasteiger partial charge on any atom is -0.493 e. The number of carboxylic acids is 1. The molecule has 9 heteroatoms. The highest BCUT2D eigenvalue weighted by Gasteiger charge is 2.25. The lowest BCUT2D eigenvalue weighted by Gasteiger charge is -2.30. The van der Waals surface area contributed by atoms with Crippen molar-refractivity contribution < 1.29 is 33.6 Å².